The van der Waals surface area contributed by atoms with Gasteiger partial charge in [-0.1, -0.05) is 30.3 Å². The van der Waals surface area contributed by atoms with Crippen LogP contribution in [-0.4, -0.2) is 34.3 Å². The molecule has 0 aliphatic rings. The van der Waals surface area contributed by atoms with Crippen LogP contribution in [0.3, 0.4) is 0 Å². The standard InChI is InChI=1S/C15H21N5O/c1-2-17-13-9-14(20-15(16)19-13)18-12(10-21)8-11-6-4-3-5-7-11/h3-7,9,12,21H,2,8,10H2,1H3,(H4,16,17,18,19,20). The van der Waals surface area contributed by atoms with E-state index >= 15 is 0 Å². The lowest BCUT2D eigenvalue weighted by molar-refractivity contribution is 0.273. The molecule has 1 heterocycles. The van der Waals surface area contributed by atoms with E-state index in [0.717, 1.165) is 12.1 Å². The van der Waals surface area contributed by atoms with Crippen molar-refractivity contribution in [1.29, 1.82) is 0 Å². The molecule has 1 aromatic carbocycles. The number of nitrogens with two attached hydrogens (primary N) is 1. The predicted molar refractivity (Wildman–Crippen MR) is 85.3 cm³/mol. The van der Waals surface area contributed by atoms with Crippen molar-refractivity contribution in [2.75, 3.05) is 29.5 Å². The van der Waals surface area contributed by atoms with Crippen LogP contribution in [0.2, 0.25) is 0 Å². The van der Waals surface area contributed by atoms with Gasteiger partial charge in [0.15, 0.2) is 0 Å². The Hall–Kier alpha value is -2.34. The third-order valence-corrected chi connectivity index (χ3v) is 3.00. The third-order valence-electron chi connectivity index (χ3n) is 3.00. The molecule has 1 aromatic heterocycles. The molecule has 1 atom stereocenters. The summed E-state index contributed by atoms with van der Waals surface area (Å²) in [6, 6.07) is 11.7. The number of nitrogen functional groups attached to an aromatic ring is 1. The van der Waals surface area contributed by atoms with E-state index in [0.29, 0.717) is 18.1 Å². The van der Waals surface area contributed by atoms with Gasteiger partial charge in [0.05, 0.1) is 12.6 Å². The lowest BCUT2D eigenvalue weighted by Crippen LogP contribution is -2.27. The van der Waals surface area contributed by atoms with Gasteiger partial charge in [-0.15, -0.1) is 0 Å². The maximum atomic E-state index is 9.54. The minimum absolute atomic E-state index is 0.00927. The number of benzene rings is 1. The number of hydrogen-bond acceptors (Lipinski definition) is 6. The molecule has 6 nitrogen and oxygen atoms in total. The summed E-state index contributed by atoms with van der Waals surface area (Å²) in [5, 5.41) is 15.8. The van der Waals surface area contributed by atoms with Crippen LogP contribution in [0.1, 0.15) is 12.5 Å². The number of aliphatic hydroxyl groups excluding tert-OH is 1. The Kier molecular flexibility index (Phi) is 5.34. The minimum atomic E-state index is -0.129. The SMILES string of the molecule is CCNc1cc(NC(CO)Cc2ccccc2)nc(N)n1. The first-order chi connectivity index (χ1) is 10.2. The monoisotopic (exact) mass is 287 g/mol. The van der Waals surface area contributed by atoms with Crippen LogP contribution < -0.4 is 16.4 Å². The first kappa shape index (κ1) is 15.1. The van der Waals surface area contributed by atoms with E-state index in [1.165, 1.54) is 0 Å². The molecule has 0 radical (unpaired) electrons. The maximum absolute atomic E-state index is 9.54. The summed E-state index contributed by atoms with van der Waals surface area (Å²) in [5.41, 5.74) is 6.85. The van der Waals surface area contributed by atoms with E-state index in [9.17, 15) is 5.11 Å². The predicted octanol–water partition coefficient (Wildman–Crippen LogP) is 1.51. The second-order valence-electron chi connectivity index (χ2n) is 4.74. The molecule has 0 bridgehead atoms. The van der Waals surface area contributed by atoms with E-state index in [2.05, 4.69) is 20.6 Å². The van der Waals surface area contributed by atoms with E-state index in [1.807, 2.05) is 37.3 Å². The van der Waals surface area contributed by atoms with Crippen LogP contribution in [0, 0.1) is 0 Å². The van der Waals surface area contributed by atoms with Crippen LogP contribution in [0.15, 0.2) is 36.4 Å². The van der Waals surface area contributed by atoms with E-state index in [-0.39, 0.29) is 18.6 Å². The molecule has 0 aliphatic carbocycles. The van der Waals surface area contributed by atoms with Crippen molar-refractivity contribution >= 4 is 17.6 Å². The number of anilines is 3. The van der Waals surface area contributed by atoms with Crippen LogP contribution in [-0.2, 0) is 6.42 Å². The van der Waals surface area contributed by atoms with Gasteiger partial charge in [-0.3, -0.25) is 0 Å². The van der Waals surface area contributed by atoms with Crippen molar-refractivity contribution in [2.45, 2.75) is 19.4 Å². The Bertz CT molecular complexity index is 561. The highest BCUT2D eigenvalue weighted by Gasteiger charge is 2.10. The molecule has 21 heavy (non-hydrogen) atoms. The van der Waals surface area contributed by atoms with Crippen molar-refractivity contribution < 1.29 is 5.11 Å². The highest BCUT2D eigenvalue weighted by molar-refractivity contribution is 5.51. The zero-order chi connectivity index (χ0) is 15.1. The fraction of sp³-hybridized carbons (Fsp3) is 0.333. The van der Waals surface area contributed by atoms with E-state index in [1.54, 1.807) is 6.07 Å². The molecule has 6 heteroatoms. The van der Waals surface area contributed by atoms with Gasteiger partial charge >= 0.3 is 0 Å². The Labute approximate surface area is 124 Å². The average Bonchev–Trinajstić information content (AvgIpc) is 2.47. The Balaban J connectivity index is 2.07. The van der Waals surface area contributed by atoms with Crippen molar-refractivity contribution in [1.82, 2.24) is 9.97 Å². The number of aromatic nitrogens is 2. The molecule has 5 N–H and O–H groups in total. The Morgan fingerprint density at radius 1 is 1.19 bits per heavy atom. The number of nitrogens with one attached hydrogen (secondary N) is 2. The second kappa shape index (κ2) is 7.44. The number of aliphatic hydroxyl groups is 1. The van der Waals surface area contributed by atoms with Gasteiger partial charge in [-0.2, -0.15) is 9.97 Å². The summed E-state index contributed by atoms with van der Waals surface area (Å²) in [6.45, 7) is 2.75. The number of hydrogen-bond donors (Lipinski definition) is 4. The molecule has 0 saturated heterocycles. The van der Waals surface area contributed by atoms with E-state index < -0.39 is 0 Å². The lowest BCUT2D eigenvalue weighted by Gasteiger charge is -2.17. The quantitative estimate of drug-likeness (QED) is 0.616. The van der Waals surface area contributed by atoms with Gasteiger partial charge in [0.1, 0.15) is 11.6 Å². The van der Waals surface area contributed by atoms with Crippen molar-refractivity contribution in [3.05, 3.63) is 42.0 Å². The molecule has 112 valence electrons. The minimum Gasteiger partial charge on any atom is -0.394 e. The molecule has 2 aromatic rings. The zero-order valence-corrected chi connectivity index (χ0v) is 12.1. The lowest BCUT2D eigenvalue weighted by atomic mass is 10.1. The molecule has 0 aliphatic heterocycles. The highest BCUT2D eigenvalue weighted by Crippen LogP contribution is 2.14. The number of nitrogens with zero attached hydrogens (tertiary/aromatic N) is 2. The number of rotatable bonds is 7. The summed E-state index contributed by atoms with van der Waals surface area (Å²) >= 11 is 0. The summed E-state index contributed by atoms with van der Waals surface area (Å²) < 4.78 is 0. The average molecular weight is 287 g/mol. The molecule has 2 rings (SSSR count). The van der Waals surface area contributed by atoms with Crippen molar-refractivity contribution in [3.8, 4) is 0 Å². The first-order valence-electron chi connectivity index (χ1n) is 7.01. The normalized spacial score (nSPS) is 11.9. The van der Waals surface area contributed by atoms with Crippen molar-refractivity contribution in [2.24, 2.45) is 0 Å². The van der Waals surface area contributed by atoms with Gasteiger partial charge in [-0.25, -0.2) is 0 Å². The molecule has 0 spiro atoms. The molecular weight excluding hydrogens is 266 g/mol. The summed E-state index contributed by atoms with van der Waals surface area (Å²) in [6.07, 6.45) is 0.706. The zero-order valence-electron chi connectivity index (χ0n) is 12.1. The molecular formula is C15H21N5O. The third kappa shape index (κ3) is 4.61. The summed E-state index contributed by atoms with van der Waals surface area (Å²) in [5.74, 6) is 1.48. The summed E-state index contributed by atoms with van der Waals surface area (Å²) in [4.78, 5) is 8.24. The largest absolute Gasteiger partial charge is 0.394 e. The van der Waals surface area contributed by atoms with Crippen LogP contribution in [0.25, 0.3) is 0 Å². The van der Waals surface area contributed by atoms with Gasteiger partial charge in [-0.05, 0) is 18.9 Å². The Morgan fingerprint density at radius 2 is 1.90 bits per heavy atom. The van der Waals surface area contributed by atoms with Crippen LogP contribution >= 0.6 is 0 Å². The Morgan fingerprint density at radius 3 is 2.57 bits per heavy atom. The molecule has 0 amide bonds. The van der Waals surface area contributed by atoms with Gasteiger partial charge in [0.25, 0.3) is 0 Å². The maximum Gasteiger partial charge on any atom is 0.223 e. The first-order valence-corrected chi connectivity index (χ1v) is 7.01. The van der Waals surface area contributed by atoms with E-state index in [4.69, 9.17) is 5.73 Å². The fourth-order valence-corrected chi connectivity index (χ4v) is 2.08. The fourth-order valence-electron chi connectivity index (χ4n) is 2.08. The molecule has 0 saturated carbocycles. The molecule has 0 fully saturated rings. The summed E-state index contributed by atoms with van der Waals surface area (Å²) in [7, 11) is 0. The van der Waals surface area contributed by atoms with Gasteiger partial charge in [0.2, 0.25) is 5.95 Å². The van der Waals surface area contributed by atoms with Gasteiger partial charge in [0, 0.05) is 12.6 Å². The van der Waals surface area contributed by atoms with Gasteiger partial charge < -0.3 is 21.5 Å². The van der Waals surface area contributed by atoms with Crippen LogP contribution in [0.4, 0.5) is 17.6 Å². The second-order valence-corrected chi connectivity index (χ2v) is 4.74. The smallest absolute Gasteiger partial charge is 0.223 e. The van der Waals surface area contributed by atoms with Crippen molar-refractivity contribution in [3.63, 3.8) is 0 Å². The van der Waals surface area contributed by atoms with Crippen LogP contribution in [0.5, 0.6) is 0 Å². The highest BCUT2D eigenvalue weighted by atomic mass is 16.3. The molecule has 1 unspecified atom stereocenters. The topological polar surface area (TPSA) is 96.1 Å².